The van der Waals surface area contributed by atoms with Crippen molar-refractivity contribution in [2.24, 2.45) is 11.8 Å². The van der Waals surface area contributed by atoms with Crippen LogP contribution in [-0.2, 0) is 4.74 Å². The van der Waals surface area contributed by atoms with Gasteiger partial charge in [0.2, 0.25) is 0 Å². The van der Waals surface area contributed by atoms with Crippen molar-refractivity contribution < 1.29 is 9.84 Å². The summed E-state index contributed by atoms with van der Waals surface area (Å²) in [5.41, 5.74) is 0. The van der Waals surface area contributed by atoms with E-state index in [0.29, 0.717) is 18.4 Å². The molecule has 0 aromatic carbocycles. The van der Waals surface area contributed by atoms with E-state index in [1.807, 2.05) is 0 Å². The molecule has 0 spiro atoms. The zero-order valence-corrected chi connectivity index (χ0v) is 8.74. The first-order chi connectivity index (χ1) is 6.90. The van der Waals surface area contributed by atoms with Gasteiger partial charge < -0.3 is 15.2 Å². The van der Waals surface area contributed by atoms with Crippen LogP contribution in [0.4, 0.5) is 0 Å². The molecule has 2 rings (SSSR count). The lowest BCUT2D eigenvalue weighted by molar-refractivity contribution is 0.134. The average molecular weight is 199 g/mol. The van der Waals surface area contributed by atoms with Gasteiger partial charge in [-0.05, 0) is 44.1 Å². The van der Waals surface area contributed by atoms with Gasteiger partial charge in [-0.25, -0.2) is 0 Å². The van der Waals surface area contributed by atoms with Crippen LogP contribution >= 0.6 is 0 Å². The van der Waals surface area contributed by atoms with Crippen LogP contribution in [0.1, 0.15) is 25.7 Å². The fourth-order valence-electron chi connectivity index (χ4n) is 2.16. The van der Waals surface area contributed by atoms with E-state index in [1.165, 1.54) is 12.8 Å². The zero-order valence-electron chi connectivity index (χ0n) is 8.74. The fourth-order valence-corrected chi connectivity index (χ4v) is 2.16. The number of nitrogens with one attached hydrogen (secondary N) is 1. The third-order valence-corrected chi connectivity index (χ3v) is 3.39. The molecular weight excluding hydrogens is 178 g/mol. The van der Waals surface area contributed by atoms with E-state index in [9.17, 15) is 5.11 Å². The van der Waals surface area contributed by atoms with E-state index in [2.05, 4.69) is 5.32 Å². The molecule has 2 unspecified atom stereocenters. The molecule has 0 radical (unpaired) electrons. The molecule has 2 N–H and O–H groups in total. The fraction of sp³-hybridized carbons (Fsp3) is 1.00. The Hall–Kier alpha value is -0.120. The molecule has 0 aromatic heterocycles. The van der Waals surface area contributed by atoms with Gasteiger partial charge in [0, 0.05) is 25.9 Å². The van der Waals surface area contributed by atoms with Gasteiger partial charge in [-0.15, -0.1) is 0 Å². The molecule has 1 heterocycles. The lowest BCUT2D eigenvalue weighted by atomic mass is 9.89. The van der Waals surface area contributed by atoms with Gasteiger partial charge in [0.25, 0.3) is 0 Å². The molecule has 2 aliphatic rings. The molecular formula is C11H21NO2. The van der Waals surface area contributed by atoms with Gasteiger partial charge in [0.05, 0.1) is 0 Å². The maximum atomic E-state index is 9.28. The lowest BCUT2D eigenvalue weighted by Crippen LogP contribution is -2.26. The van der Waals surface area contributed by atoms with Crippen LogP contribution in [0.2, 0.25) is 0 Å². The average Bonchev–Trinajstić information content (AvgIpc) is 2.86. The molecule has 0 aromatic rings. The van der Waals surface area contributed by atoms with Crippen molar-refractivity contribution in [1.29, 1.82) is 0 Å². The minimum Gasteiger partial charge on any atom is -0.396 e. The number of hydrogen-bond acceptors (Lipinski definition) is 3. The second-order valence-corrected chi connectivity index (χ2v) is 4.58. The van der Waals surface area contributed by atoms with Gasteiger partial charge in [0.1, 0.15) is 0 Å². The van der Waals surface area contributed by atoms with Crippen molar-refractivity contribution in [2.75, 3.05) is 26.4 Å². The highest BCUT2D eigenvalue weighted by Crippen LogP contribution is 2.25. The highest BCUT2D eigenvalue weighted by atomic mass is 16.5. The molecule has 82 valence electrons. The maximum Gasteiger partial charge on any atom is 0.0498 e. The Kier molecular flexibility index (Phi) is 3.79. The molecule has 3 nitrogen and oxygen atoms in total. The third-order valence-electron chi connectivity index (χ3n) is 3.39. The van der Waals surface area contributed by atoms with Crippen LogP contribution in [0.25, 0.3) is 0 Å². The van der Waals surface area contributed by atoms with Crippen LogP contribution < -0.4 is 5.32 Å². The summed E-state index contributed by atoms with van der Waals surface area (Å²) in [6.45, 7) is 3.12. The van der Waals surface area contributed by atoms with Crippen LogP contribution in [0.5, 0.6) is 0 Å². The summed E-state index contributed by atoms with van der Waals surface area (Å²) in [6.07, 6.45) is 4.92. The Labute approximate surface area is 85.8 Å². The first-order valence-corrected chi connectivity index (χ1v) is 5.82. The summed E-state index contributed by atoms with van der Waals surface area (Å²) in [6, 6.07) is 0.786. The van der Waals surface area contributed by atoms with E-state index in [0.717, 1.165) is 38.6 Å². The summed E-state index contributed by atoms with van der Waals surface area (Å²) >= 11 is 0. The number of aliphatic hydroxyl groups is 1. The molecule has 3 heteroatoms. The maximum absolute atomic E-state index is 9.28. The Bertz CT molecular complexity index is 165. The third kappa shape index (κ3) is 2.94. The summed E-state index contributed by atoms with van der Waals surface area (Å²) in [4.78, 5) is 0. The van der Waals surface area contributed by atoms with E-state index in [4.69, 9.17) is 4.74 Å². The zero-order chi connectivity index (χ0) is 9.80. The standard InChI is InChI=1S/C11H21NO2/c13-7-9(10-4-6-14-8-10)3-5-12-11-1-2-11/h9-13H,1-8H2. The first kappa shape index (κ1) is 10.4. The summed E-state index contributed by atoms with van der Waals surface area (Å²) in [5.74, 6) is 1.05. The quantitative estimate of drug-likeness (QED) is 0.664. The minimum absolute atomic E-state index is 0.320. The molecule has 1 aliphatic carbocycles. The summed E-state index contributed by atoms with van der Waals surface area (Å²) in [5, 5.41) is 12.8. The summed E-state index contributed by atoms with van der Waals surface area (Å²) < 4.78 is 5.35. The minimum atomic E-state index is 0.320. The SMILES string of the molecule is OCC(CCNC1CC1)C1CCOC1. The lowest BCUT2D eigenvalue weighted by Gasteiger charge is -2.19. The van der Waals surface area contributed by atoms with Gasteiger partial charge in [-0.3, -0.25) is 0 Å². The predicted octanol–water partition coefficient (Wildman–Crippen LogP) is 0.773. The molecule has 0 bridgehead atoms. The Morgan fingerprint density at radius 2 is 2.21 bits per heavy atom. The van der Waals surface area contributed by atoms with Crippen molar-refractivity contribution in [1.82, 2.24) is 5.32 Å². The molecule has 14 heavy (non-hydrogen) atoms. The highest BCUT2D eigenvalue weighted by molar-refractivity contribution is 4.82. The van der Waals surface area contributed by atoms with Gasteiger partial charge >= 0.3 is 0 Å². The van der Waals surface area contributed by atoms with Crippen molar-refractivity contribution in [3.8, 4) is 0 Å². The summed E-state index contributed by atoms with van der Waals surface area (Å²) in [7, 11) is 0. The van der Waals surface area contributed by atoms with Crippen molar-refractivity contribution in [2.45, 2.75) is 31.7 Å². The van der Waals surface area contributed by atoms with Crippen LogP contribution in [0, 0.1) is 11.8 Å². The van der Waals surface area contributed by atoms with Crippen molar-refractivity contribution in [3.63, 3.8) is 0 Å². The largest absolute Gasteiger partial charge is 0.396 e. The molecule has 1 saturated carbocycles. The van der Waals surface area contributed by atoms with E-state index >= 15 is 0 Å². The number of hydrogen-bond donors (Lipinski definition) is 2. The van der Waals surface area contributed by atoms with Gasteiger partial charge in [-0.2, -0.15) is 0 Å². The van der Waals surface area contributed by atoms with Crippen LogP contribution in [-0.4, -0.2) is 37.5 Å². The van der Waals surface area contributed by atoms with Crippen LogP contribution in [0.15, 0.2) is 0 Å². The van der Waals surface area contributed by atoms with E-state index in [-0.39, 0.29) is 0 Å². The first-order valence-electron chi connectivity index (χ1n) is 5.82. The molecule has 1 saturated heterocycles. The smallest absolute Gasteiger partial charge is 0.0498 e. The van der Waals surface area contributed by atoms with Crippen LogP contribution in [0.3, 0.4) is 0 Å². The molecule has 1 aliphatic heterocycles. The normalized spacial score (nSPS) is 29.4. The topological polar surface area (TPSA) is 41.5 Å². The van der Waals surface area contributed by atoms with Gasteiger partial charge in [0.15, 0.2) is 0 Å². The second-order valence-electron chi connectivity index (χ2n) is 4.58. The molecule has 2 fully saturated rings. The Morgan fingerprint density at radius 1 is 1.36 bits per heavy atom. The molecule has 2 atom stereocenters. The number of ether oxygens (including phenoxy) is 1. The molecule has 0 amide bonds. The Balaban J connectivity index is 1.63. The second kappa shape index (κ2) is 5.10. The monoisotopic (exact) mass is 199 g/mol. The van der Waals surface area contributed by atoms with Crippen molar-refractivity contribution >= 4 is 0 Å². The number of aliphatic hydroxyl groups excluding tert-OH is 1. The number of rotatable bonds is 6. The highest BCUT2D eigenvalue weighted by Gasteiger charge is 2.26. The van der Waals surface area contributed by atoms with E-state index < -0.39 is 0 Å². The Morgan fingerprint density at radius 3 is 2.79 bits per heavy atom. The van der Waals surface area contributed by atoms with E-state index in [1.54, 1.807) is 0 Å². The predicted molar refractivity (Wildman–Crippen MR) is 55.1 cm³/mol. The van der Waals surface area contributed by atoms with Gasteiger partial charge in [-0.1, -0.05) is 0 Å². The van der Waals surface area contributed by atoms with Crippen molar-refractivity contribution in [3.05, 3.63) is 0 Å².